The van der Waals surface area contributed by atoms with E-state index in [1.807, 2.05) is 12.1 Å². The van der Waals surface area contributed by atoms with Crippen molar-refractivity contribution in [2.24, 2.45) is 0 Å². The molecule has 0 spiro atoms. The average molecular weight is 365 g/mol. The van der Waals surface area contributed by atoms with Crippen LogP contribution in [0.15, 0.2) is 29.2 Å². The number of carbonyl (C=O) groups is 1. The number of H-pyrrole nitrogens is 1. The summed E-state index contributed by atoms with van der Waals surface area (Å²) in [6.45, 7) is 9.02. The second kappa shape index (κ2) is 7.66. The maximum Gasteiger partial charge on any atom is 0.266 e. The fraction of sp³-hybridized carbons (Fsp3) is 0.375. The Morgan fingerprint density at radius 3 is 2.24 bits per heavy atom. The number of aromatic amines is 1. The molecular formula is C16H23N5O3S. The van der Waals surface area contributed by atoms with Gasteiger partial charge in [0.2, 0.25) is 0 Å². The van der Waals surface area contributed by atoms with Crippen LogP contribution in [0.5, 0.6) is 0 Å². The summed E-state index contributed by atoms with van der Waals surface area (Å²) in [7, 11) is -3.89. The van der Waals surface area contributed by atoms with Crippen LogP contribution >= 0.6 is 0 Å². The molecule has 3 N–H and O–H groups in total. The first kappa shape index (κ1) is 18.9. The molecule has 0 atom stereocenters. The summed E-state index contributed by atoms with van der Waals surface area (Å²) in [5, 5.41) is 6.45. The first-order chi connectivity index (χ1) is 11.8. The zero-order chi connectivity index (χ0) is 18.6. The number of hydrogen-bond donors (Lipinski definition) is 3. The summed E-state index contributed by atoms with van der Waals surface area (Å²) in [6.07, 6.45) is 0. The van der Waals surface area contributed by atoms with E-state index in [4.69, 9.17) is 0 Å². The van der Waals surface area contributed by atoms with Gasteiger partial charge < -0.3 is 4.90 Å². The van der Waals surface area contributed by atoms with Crippen LogP contribution in [-0.4, -0.2) is 37.6 Å². The number of hydrazine groups is 1. The van der Waals surface area contributed by atoms with Crippen molar-refractivity contribution in [1.29, 1.82) is 0 Å². The number of anilines is 1. The largest absolute Gasteiger partial charge is 0.372 e. The SMILES string of the molecule is CCN(CC)c1ccc(C(=O)NNS(=O)(=O)c2c(C)n[nH]c2C)cc1. The van der Waals surface area contributed by atoms with Crippen LogP contribution < -0.4 is 15.2 Å². The predicted octanol–water partition coefficient (Wildman–Crippen LogP) is 1.50. The van der Waals surface area contributed by atoms with Gasteiger partial charge >= 0.3 is 0 Å². The van der Waals surface area contributed by atoms with Crippen LogP contribution in [0.25, 0.3) is 0 Å². The van der Waals surface area contributed by atoms with Crippen molar-refractivity contribution in [3.05, 3.63) is 41.2 Å². The standard InChI is InChI=1S/C16H23N5O3S/c1-5-21(6-2)14-9-7-13(8-10-14)16(22)19-20-25(23,24)15-11(3)17-18-12(15)4/h7-10,20H,5-6H2,1-4H3,(H,17,18)(H,19,22). The fourth-order valence-electron chi connectivity index (χ4n) is 2.59. The Labute approximate surface area is 147 Å². The van der Waals surface area contributed by atoms with Gasteiger partial charge in [-0.25, -0.2) is 8.42 Å². The fourth-order valence-corrected chi connectivity index (χ4v) is 3.80. The molecule has 136 valence electrons. The van der Waals surface area contributed by atoms with E-state index in [1.165, 1.54) is 0 Å². The van der Waals surface area contributed by atoms with Crippen LogP contribution in [0.2, 0.25) is 0 Å². The van der Waals surface area contributed by atoms with Crippen molar-refractivity contribution in [2.75, 3.05) is 18.0 Å². The lowest BCUT2D eigenvalue weighted by atomic mass is 10.2. The van der Waals surface area contributed by atoms with Crippen molar-refractivity contribution >= 4 is 21.6 Å². The Balaban J connectivity index is 2.07. The van der Waals surface area contributed by atoms with Gasteiger partial charge in [-0.05, 0) is 52.0 Å². The van der Waals surface area contributed by atoms with Crippen molar-refractivity contribution in [3.8, 4) is 0 Å². The molecule has 1 aromatic heterocycles. The van der Waals surface area contributed by atoms with Gasteiger partial charge in [0.15, 0.2) is 0 Å². The minimum atomic E-state index is -3.89. The molecule has 0 fully saturated rings. The summed E-state index contributed by atoms with van der Waals surface area (Å²) in [5.74, 6) is -0.534. The van der Waals surface area contributed by atoms with Gasteiger partial charge in [0, 0.05) is 24.3 Å². The monoisotopic (exact) mass is 365 g/mol. The van der Waals surface area contributed by atoms with E-state index in [0.29, 0.717) is 17.0 Å². The van der Waals surface area contributed by atoms with Gasteiger partial charge in [0.05, 0.1) is 11.4 Å². The number of amides is 1. The molecule has 1 aromatic carbocycles. The minimum Gasteiger partial charge on any atom is -0.372 e. The van der Waals surface area contributed by atoms with E-state index in [1.54, 1.807) is 26.0 Å². The number of rotatable bonds is 7. The highest BCUT2D eigenvalue weighted by Crippen LogP contribution is 2.16. The highest BCUT2D eigenvalue weighted by molar-refractivity contribution is 7.89. The third kappa shape index (κ3) is 4.18. The molecule has 2 rings (SSSR count). The van der Waals surface area contributed by atoms with Crippen LogP contribution in [-0.2, 0) is 10.0 Å². The summed E-state index contributed by atoms with van der Waals surface area (Å²) >= 11 is 0. The molecule has 0 saturated heterocycles. The molecule has 9 heteroatoms. The zero-order valence-electron chi connectivity index (χ0n) is 14.8. The molecule has 8 nitrogen and oxygen atoms in total. The Morgan fingerprint density at radius 2 is 1.76 bits per heavy atom. The molecule has 1 heterocycles. The summed E-state index contributed by atoms with van der Waals surface area (Å²) < 4.78 is 24.6. The number of nitrogens with zero attached hydrogens (tertiary/aromatic N) is 2. The molecule has 0 radical (unpaired) electrons. The Bertz CT molecular complexity index is 820. The van der Waals surface area contributed by atoms with Crippen molar-refractivity contribution in [1.82, 2.24) is 20.5 Å². The third-order valence-corrected chi connectivity index (χ3v) is 5.40. The van der Waals surface area contributed by atoms with Gasteiger partial charge in [0.1, 0.15) is 4.90 Å². The van der Waals surface area contributed by atoms with E-state index in [0.717, 1.165) is 18.8 Å². The maximum atomic E-state index is 12.3. The normalized spacial score (nSPS) is 11.4. The second-order valence-electron chi connectivity index (χ2n) is 5.54. The number of nitrogens with one attached hydrogen (secondary N) is 3. The zero-order valence-corrected chi connectivity index (χ0v) is 15.6. The first-order valence-corrected chi connectivity index (χ1v) is 9.47. The van der Waals surface area contributed by atoms with Crippen LogP contribution in [0.4, 0.5) is 5.69 Å². The average Bonchev–Trinajstić information content (AvgIpc) is 2.94. The topological polar surface area (TPSA) is 107 Å². The van der Waals surface area contributed by atoms with Gasteiger partial charge in [-0.2, -0.15) is 5.10 Å². The lowest BCUT2D eigenvalue weighted by molar-refractivity contribution is 0.0945. The Hall–Kier alpha value is -2.39. The van der Waals surface area contributed by atoms with Gasteiger partial charge in [-0.3, -0.25) is 15.3 Å². The summed E-state index contributed by atoms with van der Waals surface area (Å²) in [5.41, 5.74) is 4.33. The van der Waals surface area contributed by atoms with E-state index >= 15 is 0 Å². The maximum absolute atomic E-state index is 12.3. The van der Waals surface area contributed by atoms with Gasteiger partial charge in [0.25, 0.3) is 15.9 Å². The van der Waals surface area contributed by atoms with Gasteiger partial charge in [-0.15, -0.1) is 4.83 Å². The molecule has 2 aromatic rings. The van der Waals surface area contributed by atoms with E-state index in [9.17, 15) is 13.2 Å². The van der Waals surface area contributed by atoms with E-state index in [-0.39, 0.29) is 4.90 Å². The number of benzene rings is 1. The minimum absolute atomic E-state index is 0.0321. The molecule has 0 saturated carbocycles. The number of hydrogen-bond acceptors (Lipinski definition) is 5. The number of carbonyl (C=O) groups excluding carboxylic acids is 1. The smallest absolute Gasteiger partial charge is 0.266 e. The molecule has 0 aliphatic rings. The molecule has 0 aliphatic carbocycles. The van der Waals surface area contributed by atoms with Crippen molar-refractivity contribution < 1.29 is 13.2 Å². The number of sulfonamides is 1. The quantitative estimate of drug-likeness (QED) is 0.645. The number of aryl methyl sites for hydroxylation is 2. The molecule has 25 heavy (non-hydrogen) atoms. The molecule has 0 aliphatic heterocycles. The van der Waals surface area contributed by atoms with Crippen molar-refractivity contribution in [3.63, 3.8) is 0 Å². The second-order valence-corrected chi connectivity index (χ2v) is 7.16. The van der Waals surface area contributed by atoms with Crippen LogP contribution in [0, 0.1) is 13.8 Å². The third-order valence-electron chi connectivity index (χ3n) is 3.89. The summed E-state index contributed by atoms with van der Waals surface area (Å²) in [4.78, 5) is 16.5. The van der Waals surface area contributed by atoms with E-state index in [2.05, 4.69) is 39.2 Å². The van der Waals surface area contributed by atoms with Crippen LogP contribution in [0.1, 0.15) is 35.6 Å². The molecule has 1 amide bonds. The lowest BCUT2D eigenvalue weighted by Gasteiger charge is -2.21. The highest BCUT2D eigenvalue weighted by atomic mass is 32.2. The first-order valence-electron chi connectivity index (χ1n) is 7.98. The lowest BCUT2D eigenvalue weighted by Crippen LogP contribution is -2.41. The molecule has 0 unspecified atom stereocenters. The highest BCUT2D eigenvalue weighted by Gasteiger charge is 2.23. The number of aromatic nitrogens is 2. The summed E-state index contributed by atoms with van der Waals surface area (Å²) in [6, 6.07) is 6.98. The Kier molecular flexibility index (Phi) is 5.81. The molecular weight excluding hydrogens is 342 g/mol. The van der Waals surface area contributed by atoms with Gasteiger partial charge in [-0.1, -0.05) is 0 Å². The Morgan fingerprint density at radius 1 is 1.16 bits per heavy atom. The predicted molar refractivity (Wildman–Crippen MR) is 95.9 cm³/mol. The van der Waals surface area contributed by atoms with Crippen molar-refractivity contribution in [2.45, 2.75) is 32.6 Å². The van der Waals surface area contributed by atoms with Crippen LogP contribution in [0.3, 0.4) is 0 Å². The van der Waals surface area contributed by atoms with E-state index < -0.39 is 15.9 Å². The molecule has 0 bridgehead atoms.